The summed E-state index contributed by atoms with van der Waals surface area (Å²) in [5, 5.41) is 0. The average Bonchev–Trinajstić information content (AvgIpc) is 3.12. The Morgan fingerprint density at radius 3 is 2.71 bits per heavy atom. The average molecular weight is 323 g/mol. The maximum absolute atomic E-state index is 13.0. The molecule has 0 unspecified atom stereocenters. The molecule has 24 heavy (non-hydrogen) atoms. The molecular weight excluding hydrogens is 298 g/mol. The number of hydrogen-bond acceptors (Lipinski definition) is 2. The van der Waals surface area contributed by atoms with Crippen LogP contribution in [0.2, 0.25) is 0 Å². The summed E-state index contributed by atoms with van der Waals surface area (Å²) in [5.41, 5.74) is 2.04. The van der Waals surface area contributed by atoms with Gasteiger partial charge in [0, 0.05) is 24.1 Å². The van der Waals surface area contributed by atoms with Crippen molar-refractivity contribution in [2.45, 2.75) is 38.1 Å². The Morgan fingerprint density at radius 2 is 2.00 bits per heavy atom. The summed E-state index contributed by atoms with van der Waals surface area (Å²) in [4.78, 5) is 15.1. The van der Waals surface area contributed by atoms with E-state index < -0.39 is 0 Å². The van der Waals surface area contributed by atoms with E-state index in [0.29, 0.717) is 11.5 Å². The van der Waals surface area contributed by atoms with Crippen LogP contribution in [0.25, 0.3) is 0 Å². The summed E-state index contributed by atoms with van der Waals surface area (Å²) in [7, 11) is 1.63. The van der Waals surface area contributed by atoms with Crippen LogP contribution in [0.5, 0.6) is 5.75 Å². The molecule has 0 aliphatic carbocycles. The molecule has 3 nitrogen and oxygen atoms in total. The zero-order chi connectivity index (χ0) is 16.9. The van der Waals surface area contributed by atoms with Gasteiger partial charge in [-0.3, -0.25) is 4.79 Å². The van der Waals surface area contributed by atoms with Gasteiger partial charge in [0.1, 0.15) is 5.75 Å². The van der Waals surface area contributed by atoms with Crippen molar-refractivity contribution in [1.29, 1.82) is 0 Å². The highest BCUT2D eigenvalue weighted by molar-refractivity contribution is 5.95. The van der Waals surface area contributed by atoms with Gasteiger partial charge in [-0.05, 0) is 43.0 Å². The molecule has 2 aromatic rings. The van der Waals surface area contributed by atoms with Crippen LogP contribution in [0.15, 0.2) is 54.6 Å². The van der Waals surface area contributed by atoms with Gasteiger partial charge in [-0.15, -0.1) is 0 Å². The molecule has 0 radical (unpaired) electrons. The molecule has 1 heterocycles. The molecule has 126 valence electrons. The quantitative estimate of drug-likeness (QED) is 0.811. The number of rotatable bonds is 5. The van der Waals surface area contributed by atoms with Crippen LogP contribution in [0.4, 0.5) is 0 Å². The molecule has 3 heteroatoms. The molecule has 0 N–H and O–H groups in total. The highest BCUT2D eigenvalue weighted by Gasteiger charge is 2.35. The van der Waals surface area contributed by atoms with Crippen LogP contribution >= 0.6 is 0 Å². The Kier molecular flexibility index (Phi) is 5.19. The van der Waals surface area contributed by atoms with Gasteiger partial charge in [-0.2, -0.15) is 0 Å². The second kappa shape index (κ2) is 7.52. The molecular formula is C21H25NO2. The lowest BCUT2D eigenvalue weighted by Gasteiger charge is -2.32. The molecule has 2 atom stereocenters. The van der Waals surface area contributed by atoms with E-state index in [4.69, 9.17) is 4.74 Å². The van der Waals surface area contributed by atoms with Gasteiger partial charge in [0.05, 0.1) is 7.11 Å². The molecule has 1 fully saturated rings. The van der Waals surface area contributed by atoms with Crippen molar-refractivity contribution in [3.63, 3.8) is 0 Å². The molecule has 1 amide bonds. The molecule has 3 rings (SSSR count). The molecule has 2 aromatic carbocycles. The van der Waals surface area contributed by atoms with E-state index >= 15 is 0 Å². The van der Waals surface area contributed by atoms with Gasteiger partial charge in [0.25, 0.3) is 5.91 Å². The zero-order valence-corrected chi connectivity index (χ0v) is 14.4. The first kappa shape index (κ1) is 16.6. The second-order valence-electron chi connectivity index (χ2n) is 6.37. The predicted octanol–water partition coefficient (Wildman–Crippen LogP) is 4.49. The van der Waals surface area contributed by atoms with E-state index in [-0.39, 0.29) is 11.9 Å². The summed E-state index contributed by atoms with van der Waals surface area (Å²) < 4.78 is 5.26. The number of methoxy groups -OCH3 is 1. The van der Waals surface area contributed by atoms with Crippen molar-refractivity contribution in [2.75, 3.05) is 13.7 Å². The van der Waals surface area contributed by atoms with Crippen LogP contribution in [0.1, 0.15) is 48.0 Å². The number of nitrogens with zero attached hydrogens (tertiary/aromatic N) is 1. The number of ether oxygens (including phenoxy) is 1. The minimum atomic E-state index is 0.116. The number of hydrogen-bond donors (Lipinski definition) is 0. The summed E-state index contributed by atoms with van der Waals surface area (Å²) in [6.45, 7) is 3.05. The first-order valence-corrected chi connectivity index (χ1v) is 8.74. The fourth-order valence-corrected chi connectivity index (χ4v) is 3.82. The van der Waals surface area contributed by atoms with Gasteiger partial charge in [-0.25, -0.2) is 0 Å². The molecule has 0 aromatic heterocycles. The van der Waals surface area contributed by atoms with Crippen LogP contribution in [0, 0.1) is 0 Å². The highest BCUT2D eigenvalue weighted by atomic mass is 16.5. The third kappa shape index (κ3) is 3.30. The molecule has 1 aliphatic heterocycles. The van der Waals surface area contributed by atoms with E-state index in [1.807, 2.05) is 30.3 Å². The SMILES string of the molecule is CC[C@H](c1ccccc1)[C@H]1CCCN1C(=O)c1cccc(OC)c1. The normalized spacial score (nSPS) is 18.4. The van der Waals surface area contributed by atoms with Crippen LogP contribution in [-0.4, -0.2) is 30.5 Å². The Balaban J connectivity index is 1.85. The summed E-state index contributed by atoms with van der Waals surface area (Å²) in [6.07, 6.45) is 3.18. The van der Waals surface area contributed by atoms with Gasteiger partial charge in [0.15, 0.2) is 0 Å². The number of carbonyl (C=O) groups is 1. The largest absolute Gasteiger partial charge is 0.497 e. The maximum atomic E-state index is 13.0. The van der Waals surface area contributed by atoms with Crippen molar-refractivity contribution in [3.05, 3.63) is 65.7 Å². The van der Waals surface area contributed by atoms with Crippen molar-refractivity contribution < 1.29 is 9.53 Å². The van der Waals surface area contributed by atoms with E-state index in [2.05, 4.69) is 36.1 Å². The Bertz CT molecular complexity index is 683. The standard InChI is InChI=1S/C21H25NO2/c1-3-19(16-9-5-4-6-10-16)20-13-8-14-22(20)21(23)17-11-7-12-18(15-17)24-2/h4-7,9-12,15,19-20H,3,8,13-14H2,1-2H3/t19-,20-/m1/s1. The summed E-state index contributed by atoms with van der Waals surface area (Å²) in [5.74, 6) is 1.24. The van der Waals surface area contributed by atoms with Gasteiger partial charge in [-0.1, -0.05) is 43.3 Å². The number of amides is 1. The molecule has 0 bridgehead atoms. The fourth-order valence-electron chi connectivity index (χ4n) is 3.82. The minimum absolute atomic E-state index is 0.116. The lowest BCUT2D eigenvalue weighted by atomic mass is 9.87. The topological polar surface area (TPSA) is 29.5 Å². The van der Waals surface area contributed by atoms with Crippen molar-refractivity contribution >= 4 is 5.91 Å². The molecule has 1 aliphatic rings. The fraction of sp³-hybridized carbons (Fsp3) is 0.381. The maximum Gasteiger partial charge on any atom is 0.254 e. The van der Waals surface area contributed by atoms with Gasteiger partial charge < -0.3 is 9.64 Å². The van der Waals surface area contributed by atoms with E-state index in [9.17, 15) is 4.79 Å². The van der Waals surface area contributed by atoms with Crippen molar-refractivity contribution in [1.82, 2.24) is 4.90 Å². The Labute approximate surface area is 144 Å². The highest BCUT2D eigenvalue weighted by Crippen LogP contribution is 2.34. The number of likely N-dealkylation sites (tertiary alicyclic amines) is 1. The van der Waals surface area contributed by atoms with Crippen LogP contribution in [-0.2, 0) is 0 Å². The molecule has 0 saturated carbocycles. The van der Waals surface area contributed by atoms with E-state index in [1.54, 1.807) is 7.11 Å². The molecule has 1 saturated heterocycles. The minimum Gasteiger partial charge on any atom is -0.497 e. The van der Waals surface area contributed by atoms with Gasteiger partial charge in [0.2, 0.25) is 0 Å². The third-order valence-corrected chi connectivity index (χ3v) is 5.01. The first-order chi connectivity index (χ1) is 11.7. The number of benzene rings is 2. The van der Waals surface area contributed by atoms with Gasteiger partial charge >= 0.3 is 0 Å². The zero-order valence-electron chi connectivity index (χ0n) is 14.4. The molecule has 0 spiro atoms. The van der Waals surface area contributed by atoms with Crippen molar-refractivity contribution in [2.24, 2.45) is 0 Å². The van der Waals surface area contributed by atoms with E-state index in [1.165, 1.54) is 5.56 Å². The third-order valence-electron chi connectivity index (χ3n) is 5.01. The Morgan fingerprint density at radius 1 is 1.21 bits per heavy atom. The van der Waals surface area contributed by atoms with Crippen LogP contribution < -0.4 is 4.74 Å². The van der Waals surface area contributed by atoms with E-state index in [0.717, 1.165) is 31.6 Å². The summed E-state index contributed by atoms with van der Waals surface area (Å²) >= 11 is 0. The number of carbonyl (C=O) groups excluding carboxylic acids is 1. The van der Waals surface area contributed by atoms with Crippen LogP contribution in [0.3, 0.4) is 0 Å². The monoisotopic (exact) mass is 323 g/mol. The Hall–Kier alpha value is -2.29. The second-order valence-corrected chi connectivity index (χ2v) is 6.37. The lowest BCUT2D eigenvalue weighted by molar-refractivity contribution is 0.0714. The first-order valence-electron chi connectivity index (χ1n) is 8.74. The van der Waals surface area contributed by atoms with Crippen molar-refractivity contribution in [3.8, 4) is 5.75 Å². The lowest BCUT2D eigenvalue weighted by Crippen LogP contribution is -2.39. The summed E-state index contributed by atoms with van der Waals surface area (Å²) in [6, 6.07) is 18.3. The smallest absolute Gasteiger partial charge is 0.254 e. The predicted molar refractivity (Wildman–Crippen MR) is 96.5 cm³/mol.